The van der Waals surface area contributed by atoms with Crippen LogP contribution in [-0.4, -0.2) is 5.91 Å². The zero-order valence-electron chi connectivity index (χ0n) is 17.6. The Balaban J connectivity index is 2.88. The Kier molecular flexibility index (Phi) is 8.84. The minimum atomic E-state index is -0.410. The third kappa shape index (κ3) is 6.82. The van der Waals surface area contributed by atoms with Crippen molar-refractivity contribution >= 4 is 5.91 Å². The van der Waals surface area contributed by atoms with Crippen LogP contribution in [0.25, 0.3) is 0 Å². The summed E-state index contributed by atoms with van der Waals surface area (Å²) in [7, 11) is 0. The number of carbonyl (C=O) groups is 1. The van der Waals surface area contributed by atoms with Crippen molar-refractivity contribution in [1.82, 2.24) is 0 Å². The van der Waals surface area contributed by atoms with E-state index in [4.69, 9.17) is 5.73 Å². The maximum atomic E-state index is 10.8. The Morgan fingerprint density at radius 2 is 1.92 bits per heavy atom. The summed E-state index contributed by atoms with van der Waals surface area (Å²) in [6.07, 6.45) is 18.4. The van der Waals surface area contributed by atoms with E-state index in [1.54, 1.807) is 0 Å². The molecule has 0 saturated carbocycles. The SMILES string of the molecule is CCCCC1CCC(C)=C(/C=C/C(C)=C/C=C/C(C)=C/C(N)=O)C1(C)C. The highest BCUT2D eigenvalue weighted by Gasteiger charge is 2.35. The normalized spacial score (nSPS) is 21.8. The molecular weight excluding hydrogens is 318 g/mol. The van der Waals surface area contributed by atoms with Crippen LogP contribution in [0.3, 0.4) is 0 Å². The highest BCUT2D eigenvalue weighted by molar-refractivity contribution is 5.86. The predicted molar refractivity (Wildman–Crippen MR) is 114 cm³/mol. The summed E-state index contributed by atoms with van der Waals surface area (Å²) in [5.41, 5.74) is 10.5. The highest BCUT2D eigenvalue weighted by Crippen LogP contribution is 2.47. The summed E-state index contributed by atoms with van der Waals surface area (Å²) in [4.78, 5) is 10.8. The van der Waals surface area contributed by atoms with Crippen LogP contribution in [0.15, 0.2) is 58.7 Å². The molecule has 2 N–H and O–H groups in total. The summed E-state index contributed by atoms with van der Waals surface area (Å²) >= 11 is 0. The number of allylic oxidation sites excluding steroid dienone is 9. The van der Waals surface area contributed by atoms with Crippen LogP contribution in [0, 0.1) is 11.3 Å². The molecule has 0 bridgehead atoms. The number of carbonyl (C=O) groups excluding carboxylic acids is 1. The van der Waals surface area contributed by atoms with Gasteiger partial charge in [0.15, 0.2) is 0 Å². The summed E-state index contributed by atoms with van der Waals surface area (Å²) < 4.78 is 0. The van der Waals surface area contributed by atoms with E-state index in [1.807, 2.05) is 19.1 Å². The molecule has 1 amide bonds. The first kappa shape index (κ1) is 22.2. The smallest absolute Gasteiger partial charge is 0.241 e. The Bertz CT molecular complexity index is 641. The van der Waals surface area contributed by atoms with Gasteiger partial charge in [-0.05, 0) is 62.5 Å². The number of primary amides is 1. The number of nitrogens with two attached hydrogens (primary N) is 1. The van der Waals surface area contributed by atoms with E-state index in [-0.39, 0.29) is 5.41 Å². The Morgan fingerprint density at radius 1 is 1.23 bits per heavy atom. The van der Waals surface area contributed by atoms with E-state index in [2.05, 4.69) is 52.8 Å². The lowest BCUT2D eigenvalue weighted by Gasteiger charge is -2.41. The molecule has 0 heterocycles. The molecule has 0 aromatic carbocycles. The molecule has 1 aliphatic rings. The van der Waals surface area contributed by atoms with Crippen molar-refractivity contribution in [3.8, 4) is 0 Å². The van der Waals surface area contributed by atoms with Crippen molar-refractivity contribution in [2.24, 2.45) is 17.1 Å². The molecule has 1 rings (SSSR count). The average Bonchev–Trinajstić information content (AvgIpc) is 2.52. The van der Waals surface area contributed by atoms with Gasteiger partial charge in [-0.25, -0.2) is 0 Å². The van der Waals surface area contributed by atoms with Gasteiger partial charge < -0.3 is 5.73 Å². The lowest BCUT2D eigenvalue weighted by atomic mass is 9.64. The van der Waals surface area contributed by atoms with Gasteiger partial charge in [0.25, 0.3) is 0 Å². The van der Waals surface area contributed by atoms with E-state index in [1.165, 1.54) is 54.9 Å². The molecule has 144 valence electrons. The molecule has 2 heteroatoms. The van der Waals surface area contributed by atoms with Crippen molar-refractivity contribution in [1.29, 1.82) is 0 Å². The van der Waals surface area contributed by atoms with Gasteiger partial charge in [-0.15, -0.1) is 0 Å². The van der Waals surface area contributed by atoms with Crippen LogP contribution in [0.2, 0.25) is 0 Å². The monoisotopic (exact) mass is 355 g/mol. The molecular formula is C24H37NO. The minimum Gasteiger partial charge on any atom is -0.366 e. The third-order valence-corrected chi connectivity index (χ3v) is 5.55. The van der Waals surface area contributed by atoms with Gasteiger partial charge in [-0.1, -0.05) is 75.1 Å². The summed E-state index contributed by atoms with van der Waals surface area (Å²) in [5.74, 6) is 0.365. The van der Waals surface area contributed by atoms with Crippen molar-refractivity contribution < 1.29 is 4.79 Å². The fraction of sp³-hybridized carbons (Fsp3) is 0.542. The summed E-state index contributed by atoms with van der Waals surface area (Å²) in [6.45, 7) is 13.4. The lowest BCUT2D eigenvalue weighted by Crippen LogP contribution is -2.30. The number of hydrogen-bond donors (Lipinski definition) is 1. The summed E-state index contributed by atoms with van der Waals surface area (Å²) in [6, 6.07) is 0. The molecule has 0 aromatic heterocycles. The van der Waals surface area contributed by atoms with Crippen molar-refractivity contribution in [3.05, 3.63) is 58.7 Å². The van der Waals surface area contributed by atoms with Crippen LogP contribution < -0.4 is 5.73 Å². The molecule has 26 heavy (non-hydrogen) atoms. The molecule has 1 unspecified atom stereocenters. The Hall–Kier alpha value is -1.83. The number of hydrogen-bond acceptors (Lipinski definition) is 1. The Morgan fingerprint density at radius 3 is 2.54 bits per heavy atom. The van der Waals surface area contributed by atoms with Gasteiger partial charge in [-0.2, -0.15) is 0 Å². The standard InChI is InChI=1S/C24H37NO/c1-7-8-12-21-15-14-20(4)22(24(21,5)6)16-13-18(2)10-9-11-19(3)17-23(25)26/h9-11,13,16-17,21H,7-8,12,14-15H2,1-6H3,(H2,25,26)/b11-9+,16-13+,18-10+,19-17+. The van der Waals surface area contributed by atoms with Crippen molar-refractivity contribution in [2.45, 2.75) is 73.6 Å². The van der Waals surface area contributed by atoms with Gasteiger partial charge in [0.05, 0.1) is 0 Å². The molecule has 1 aliphatic carbocycles. The maximum Gasteiger partial charge on any atom is 0.241 e. The summed E-state index contributed by atoms with van der Waals surface area (Å²) in [5, 5.41) is 0. The van der Waals surface area contributed by atoms with Gasteiger partial charge in [-0.3, -0.25) is 4.79 Å². The second-order valence-electron chi connectivity index (χ2n) is 8.19. The zero-order valence-corrected chi connectivity index (χ0v) is 17.6. The van der Waals surface area contributed by atoms with E-state index < -0.39 is 5.91 Å². The number of unbranched alkanes of at least 4 members (excludes halogenated alkanes) is 1. The predicted octanol–water partition coefficient (Wildman–Crippen LogP) is 6.42. The second kappa shape index (κ2) is 10.4. The Labute approximate surface area is 160 Å². The van der Waals surface area contributed by atoms with Crippen molar-refractivity contribution in [2.75, 3.05) is 0 Å². The third-order valence-electron chi connectivity index (χ3n) is 5.55. The van der Waals surface area contributed by atoms with Crippen LogP contribution in [0.4, 0.5) is 0 Å². The maximum absolute atomic E-state index is 10.8. The van der Waals surface area contributed by atoms with Crippen LogP contribution in [-0.2, 0) is 4.79 Å². The fourth-order valence-corrected chi connectivity index (χ4v) is 3.86. The van der Waals surface area contributed by atoms with E-state index in [9.17, 15) is 4.79 Å². The molecule has 1 atom stereocenters. The average molecular weight is 356 g/mol. The highest BCUT2D eigenvalue weighted by atomic mass is 16.1. The zero-order chi connectivity index (χ0) is 19.7. The largest absolute Gasteiger partial charge is 0.366 e. The second-order valence-corrected chi connectivity index (χ2v) is 8.19. The van der Waals surface area contributed by atoms with E-state index >= 15 is 0 Å². The molecule has 0 saturated heterocycles. The quantitative estimate of drug-likeness (QED) is 0.396. The van der Waals surface area contributed by atoms with Gasteiger partial charge >= 0.3 is 0 Å². The molecule has 0 spiro atoms. The minimum absolute atomic E-state index is 0.241. The first-order chi connectivity index (χ1) is 12.2. The lowest BCUT2D eigenvalue weighted by molar-refractivity contribution is -0.113. The number of rotatable bonds is 8. The van der Waals surface area contributed by atoms with Crippen molar-refractivity contribution in [3.63, 3.8) is 0 Å². The van der Waals surface area contributed by atoms with Crippen LogP contribution >= 0.6 is 0 Å². The van der Waals surface area contributed by atoms with E-state index in [0.29, 0.717) is 0 Å². The molecule has 0 aliphatic heterocycles. The van der Waals surface area contributed by atoms with Gasteiger partial charge in [0.1, 0.15) is 0 Å². The van der Waals surface area contributed by atoms with E-state index in [0.717, 1.165) is 11.5 Å². The van der Waals surface area contributed by atoms with Gasteiger partial charge in [0, 0.05) is 6.08 Å². The topological polar surface area (TPSA) is 43.1 Å². The number of amides is 1. The fourth-order valence-electron chi connectivity index (χ4n) is 3.86. The first-order valence-corrected chi connectivity index (χ1v) is 9.89. The van der Waals surface area contributed by atoms with Gasteiger partial charge in [0.2, 0.25) is 5.91 Å². The first-order valence-electron chi connectivity index (χ1n) is 9.89. The molecule has 0 aromatic rings. The molecule has 0 radical (unpaired) electrons. The molecule has 2 nitrogen and oxygen atoms in total. The van der Waals surface area contributed by atoms with Crippen LogP contribution in [0.1, 0.15) is 73.6 Å². The van der Waals surface area contributed by atoms with Crippen LogP contribution in [0.5, 0.6) is 0 Å². The molecule has 0 fully saturated rings.